The third kappa shape index (κ3) is 2.85. The van der Waals surface area contributed by atoms with Gasteiger partial charge in [0.25, 0.3) is 0 Å². The van der Waals surface area contributed by atoms with Crippen LogP contribution < -0.4 is 19.9 Å². The van der Waals surface area contributed by atoms with Gasteiger partial charge in [-0.05, 0) is 6.07 Å². The fourth-order valence-corrected chi connectivity index (χ4v) is 2.44. The number of benzene rings is 1. The molecule has 0 amide bonds. The minimum Gasteiger partial charge on any atom is -0.495 e. The highest BCUT2D eigenvalue weighted by Crippen LogP contribution is 2.33. The van der Waals surface area contributed by atoms with Crippen molar-refractivity contribution in [3.8, 4) is 23.8 Å². The molecule has 6 nitrogen and oxygen atoms in total. The Bertz CT molecular complexity index is 575. The van der Waals surface area contributed by atoms with Gasteiger partial charge in [-0.3, -0.25) is 0 Å². The number of methoxy groups -OCH3 is 2. The van der Waals surface area contributed by atoms with Gasteiger partial charge < -0.3 is 15.2 Å². The second kappa shape index (κ2) is 5.62. The Morgan fingerprint density at radius 2 is 1.94 bits per heavy atom. The molecule has 0 heterocycles. The second-order valence-electron chi connectivity index (χ2n) is 3.27. The molecule has 0 aliphatic carbocycles. The standard InChI is InChI=1S/C11H14N2O4S/c1-4-5-13-18(14,15)11-6-8(12)9(16-2)7-10(11)17-3/h1,6-7,13H,5,12H2,2-3H3. The first-order valence-electron chi connectivity index (χ1n) is 4.91. The maximum Gasteiger partial charge on any atom is 0.245 e. The fourth-order valence-electron chi connectivity index (χ4n) is 1.32. The number of sulfonamides is 1. The van der Waals surface area contributed by atoms with Crippen molar-refractivity contribution in [1.29, 1.82) is 0 Å². The topological polar surface area (TPSA) is 90.7 Å². The number of hydrogen-bond donors (Lipinski definition) is 2. The third-order valence-corrected chi connectivity index (χ3v) is 3.59. The number of nitrogens with one attached hydrogen (secondary N) is 1. The number of hydrogen-bond acceptors (Lipinski definition) is 5. The largest absolute Gasteiger partial charge is 0.495 e. The minimum atomic E-state index is -3.77. The highest BCUT2D eigenvalue weighted by Gasteiger charge is 2.21. The van der Waals surface area contributed by atoms with E-state index >= 15 is 0 Å². The van der Waals surface area contributed by atoms with Gasteiger partial charge in [-0.15, -0.1) is 6.42 Å². The molecular weight excluding hydrogens is 256 g/mol. The first-order chi connectivity index (χ1) is 8.46. The summed E-state index contributed by atoms with van der Waals surface area (Å²) in [6, 6.07) is 2.66. The van der Waals surface area contributed by atoms with Gasteiger partial charge in [0.05, 0.1) is 26.5 Å². The number of terminal acetylenes is 1. The van der Waals surface area contributed by atoms with Crippen LogP contribution in [0.2, 0.25) is 0 Å². The minimum absolute atomic E-state index is 0.0847. The van der Waals surface area contributed by atoms with Crippen molar-refractivity contribution >= 4 is 15.7 Å². The number of nitrogen functional groups attached to an aromatic ring is 1. The molecule has 7 heteroatoms. The fraction of sp³-hybridized carbons (Fsp3) is 0.273. The molecule has 0 aliphatic heterocycles. The lowest BCUT2D eigenvalue weighted by atomic mass is 10.3. The lowest BCUT2D eigenvalue weighted by molar-refractivity contribution is 0.387. The van der Waals surface area contributed by atoms with Crippen LogP contribution in [0.25, 0.3) is 0 Å². The molecule has 0 fully saturated rings. The zero-order valence-corrected chi connectivity index (χ0v) is 10.9. The molecule has 1 aromatic carbocycles. The SMILES string of the molecule is C#CCNS(=O)(=O)c1cc(N)c(OC)cc1OC. The van der Waals surface area contributed by atoms with E-state index in [4.69, 9.17) is 21.6 Å². The van der Waals surface area contributed by atoms with E-state index in [2.05, 4.69) is 10.6 Å². The summed E-state index contributed by atoms with van der Waals surface area (Å²) >= 11 is 0. The van der Waals surface area contributed by atoms with Crippen LogP contribution in [-0.4, -0.2) is 29.2 Å². The average molecular weight is 270 g/mol. The van der Waals surface area contributed by atoms with Crippen LogP contribution in [0.15, 0.2) is 17.0 Å². The monoisotopic (exact) mass is 270 g/mol. The molecule has 18 heavy (non-hydrogen) atoms. The Morgan fingerprint density at radius 1 is 1.33 bits per heavy atom. The van der Waals surface area contributed by atoms with E-state index in [0.29, 0.717) is 5.75 Å². The molecule has 0 saturated heterocycles. The van der Waals surface area contributed by atoms with Crippen LogP contribution in [0.4, 0.5) is 5.69 Å². The van der Waals surface area contributed by atoms with Crippen LogP contribution >= 0.6 is 0 Å². The lowest BCUT2D eigenvalue weighted by Crippen LogP contribution is -2.24. The van der Waals surface area contributed by atoms with Gasteiger partial charge >= 0.3 is 0 Å². The molecule has 0 unspecified atom stereocenters. The molecule has 0 radical (unpaired) electrons. The Kier molecular flexibility index (Phi) is 4.42. The predicted octanol–water partition coefficient (Wildman–Crippen LogP) is 0.197. The summed E-state index contributed by atoms with van der Waals surface area (Å²) in [5.74, 6) is 2.65. The van der Waals surface area contributed by atoms with Gasteiger partial charge in [0.1, 0.15) is 16.4 Å². The second-order valence-corrected chi connectivity index (χ2v) is 5.01. The van der Waals surface area contributed by atoms with Gasteiger partial charge in [0, 0.05) is 6.07 Å². The first-order valence-corrected chi connectivity index (χ1v) is 6.39. The Balaban J connectivity index is 3.32. The van der Waals surface area contributed by atoms with E-state index in [-0.39, 0.29) is 22.9 Å². The van der Waals surface area contributed by atoms with Crippen molar-refractivity contribution in [3.05, 3.63) is 12.1 Å². The van der Waals surface area contributed by atoms with E-state index in [1.54, 1.807) is 0 Å². The van der Waals surface area contributed by atoms with E-state index in [1.165, 1.54) is 26.4 Å². The molecular formula is C11H14N2O4S. The Morgan fingerprint density at radius 3 is 2.44 bits per heavy atom. The average Bonchev–Trinajstić information content (AvgIpc) is 2.36. The molecule has 3 N–H and O–H groups in total. The molecule has 1 rings (SSSR count). The van der Waals surface area contributed by atoms with Gasteiger partial charge in [-0.25, -0.2) is 8.42 Å². The number of anilines is 1. The zero-order valence-electron chi connectivity index (χ0n) is 10.1. The highest BCUT2D eigenvalue weighted by atomic mass is 32.2. The summed E-state index contributed by atoms with van der Waals surface area (Å²) in [6.07, 6.45) is 5.01. The summed E-state index contributed by atoms with van der Waals surface area (Å²) in [5, 5.41) is 0. The van der Waals surface area contributed by atoms with E-state index in [9.17, 15) is 8.42 Å². The molecule has 0 bridgehead atoms. The van der Waals surface area contributed by atoms with Crippen LogP contribution in [0, 0.1) is 12.3 Å². The van der Waals surface area contributed by atoms with Crippen molar-refractivity contribution in [2.45, 2.75) is 4.90 Å². The molecule has 1 aromatic rings. The Labute approximate surface area is 106 Å². The summed E-state index contributed by atoms with van der Waals surface area (Å²) in [7, 11) is -0.987. The number of nitrogens with two attached hydrogens (primary N) is 1. The molecule has 98 valence electrons. The molecule has 0 aromatic heterocycles. The molecule has 0 atom stereocenters. The number of ether oxygens (including phenoxy) is 2. The quantitative estimate of drug-likeness (QED) is 0.589. The predicted molar refractivity (Wildman–Crippen MR) is 68.0 cm³/mol. The van der Waals surface area contributed by atoms with Crippen molar-refractivity contribution in [2.24, 2.45) is 0 Å². The molecule has 0 spiro atoms. The van der Waals surface area contributed by atoms with Crippen LogP contribution in [0.1, 0.15) is 0 Å². The maximum absolute atomic E-state index is 11.9. The van der Waals surface area contributed by atoms with Crippen molar-refractivity contribution < 1.29 is 17.9 Å². The van der Waals surface area contributed by atoms with E-state index in [0.717, 1.165) is 0 Å². The van der Waals surface area contributed by atoms with Crippen molar-refractivity contribution in [3.63, 3.8) is 0 Å². The van der Waals surface area contributed by atoms with Crippen LogP contribution in [0.5, 0.6) is 11.5 Å². The first kappa shape index (κ1) is 14.2. The van der Waals surface area contributed by atoms with Crippen molar-refractivity contribution in [1.82, 2.24) is 4.72 Å². The van der Waals surface area contributed by atoms with Gasteiger partial charge in [0.15, 0.2) is 0 Å². The summed E-state index contributed by atoms with van der Waals surface area (Å²) in [4.78, 5) is -0.0847. The number of rotatable bonds is 5. The maximum atomic E-state index is 11.9. The van der Waals surface area contributed by atoms with Gasteiger partial charge in [0.2, 0.25) is 10.0 Å². The smallest absolute Gasteiger partial charge is 0.245 e. The van der Waals surface area contributed by atoms with E-state index < -0.39 is 10.0 Å². The summed E-state index contributed by atoms with van der Waals surface area (Å²) in [5.41, 5.74) is 5.86. The summed E-state index contributed by atoms with van der Waals surface area (Å²) in [6.45, 7) is -0.114. The van der Waals surface area contributed by atoms with E-state index in [1.807, 2.05) is 0 Å². The van der Waals surface area contributed by atoms with Crippen LogP contribution in [0.3, 0.4) is 0 Å². The van der Waals surface area contributed by atoms with Crippen molar-refractivity contribution in [2.75, 3.05) is 26.5 Å². The Hall–Kier alpha value is -1.91. The zero-order chi connectivity index (χ0) is 13.8. The third-order valence-electron chi connectivity index (χ3n) is 2.17. The van der Waals surface area contributed by atoms with Gasteiger partial charge in [-0.1, -0.05) is 5.92 Å². The molecule has 0 aliphatic rings. The highest BCUT2D eigenvalue weighted by molar-refractivity contribution is 7.89. The van der Waals surface area contributed by atoms with Crippen LogP contribution in [-0.2, 0) is 10.0 Å². The molecule has 0 saturated carbocycles. The van der Waals surface area contributed by atoms with Gasteiger partial charge in [-0.2, -0.15) is 4.72 Å². The normalized spacial score (nSPS) is 10.7. The summed E-state index contributed by atoms with van der Waals surface area (Å²) < 4.78 is 36.1. The lowest BCUT2D eigenvalue weighted by Gasteiger charge is -2.13.